The molecule has 10 heteroatoms. The number of aliphatic imine (C=N–C) groups is 1. The fourth-order valence-corrected chi connectivity index (χ4v) is 3.09. The summed E-state index contributed by atoms with van der Waals surface area (Å²) in [6.45, 7) is 4.52. The number of carbonyl (C=O) groups excluding carboxylic acids is 1. The van der Waals surface area contributed by atoms with Gasteiger partial charge in [-0.25, -0.2) is 0 Å². The third kappa shape index (κ3) is 6.15. The number of rotatable bonds is 3. The molecule has 6 nitrogen and oxygen atoms in total. The summed E-state index contributed by atoms with van der Waals surface area (Å²) in [4.78, 5) is 21.4. The Bertz CT molecular complexity index is 461. The second-order valence-electron chi connectivity index (χ2n) is 6.23. The van der Waals surface area contributed by atoms with Crippen molar-refractivity contribution in [3.8, 4) is 0 Å². The van der Waals surface area contributed by atoms with Crippen molar-refractivity contribution in [3.05, 3.63) is 0 Å². The molecule has 2 aliphatic rings. The largest absolute Gasteiger partial charge is 0.403 e. The number of amides is 1. The second-order valence-corrected chi connectivity index (χ2v) is 6.23. The minimum Gasteiger partial charge on any atom is -0.347 e. The van der Waals surface area contributed by atoms with Gasteiger partial charge >= 0.3 is 6.18 Å². The van der Waals surface area contributed by atoms with Gasteiger partial charge in [-0.05, 0) is 19.8 Å². The Morgan fingerprint density at radius 3 is 2.12 bits per heavy atom. The minimum atomic E-state index is -4.20. The minimum absolute atomic E-state index is 0. The van der Waals surface area contributed by atoms with Crippen molar-refractivity contribution in [1.82, 2.24) is 20.0 Å². The quantitative estimate of drug-likeness (QED) is 0.379. The van der Waals surface area contributed by atoms with E-state index in [4.69, 9.17) is 0 Å². The van der Waals surface area contributed by atoms with E-state index in [0.29, 0.717) is 32.1 Å². The lowest BCUT2D eigenvalue weighted by atomic mass is 10.2. The molecule has 2 heterocycles. The van der Waals surface area contributed by atoms with Crippen molar-refractivity contribution >= 4 is 35.8 Å². The molecule has 2 fully saturated rings. The first-order chi connectivity index (χ1) is 11.3. The number of halogens is 4. The smallest absolute Gasteiger partial charge is 0.347 e. The summed E-state index contributed by atoms with van der Waals surface area (Å²) in [7, 11) is 1.62. The molecule has 0 spiro atoms. The lowest BCUT2D eigenvalue weighted by molar-refractivity contribution is -0.181. The van der Waals surface area contributed by atoms with Gasteiger partial charge in [-0.1, -0.05) is 0 Å². The normalized spacial score (nSPS) is 21.1. The Balaban J connectivity index is 0.00000312. The molecule has 1 atom stereocenters. The average Bonchev–Trinajstić information content (AvgIpc) is 3.09. The van der Waals surface area contributed by atoms with Gasteiger partial charge in [0.1, 0.15) is 6.04 Å². The lowest BCUT2D eigenvalue weighted by Gasteiger charge is -2.39. The van der Waals surface area contributed by atoms with Crippen molar-refractivity contribution in [2.75, 3.05) is 52.9 Å². The van der Waals surface area contributed by atoms with Crippen LogP contribution in [0.2, 0.25) is 0 Å². The summed E-state index contributed by atoms with van der Waals surface area (Å²) < 4.78 is 38.3. The summed E-state index contributed by atoms with van der Waals surface area (Å²) in [5.41, 5.74) is 0. The van der Waals surface area contributed by atoms with Crippen LogP contribution < -0.4 is 5.32 Å². The van der Waals surface area contributed by atoms with Crippen LogP contribution in [-0.2, 0) is 4.79 Å². The molecule has 0 aromatic heterocycles. The molecule has 0 bridgehead atoms. The Morgan fingerprint density at radius 2 is 1.64 bits per heavy atom. The van der Waals surface area contributed by atoms with E-state index in [9.17, 15) is 18.0 Å². The van der Waals surface area contributed by atoms with Crippen LogP contribution in [0.25, 0.3) is 0 Å². The van der Waals surface area contributed by atoms with E-state index in [0.717, 1.165) is 25.9 Å². The molecule has 0 saturated carbocycles. The van der Waals surface area contributed by atoms with Crippen LogP contribution >= 0.6 is 24.0 Å². The molecule has 0 aromatic rings. The van der Waals surface area contributed by atoms with Crippen LogP contribution in [0.15, 0.2) is 4.99 Å². The number of nitrogens with one attached hydrogen (secondary N) is 1. The predicted molar refractivity (Wildman–Crippen MR) is 101 cm³/mol. The fraction of sp³-hybridized carbons (Fsp3) is 0.867. The lowest BCUT2D eigenvalue weighted by Crippen LogP contribution is -2.57. The molecule has 25 heavy (non-hydrogen) atoms. The van der Waals surface area contributed by atoms with Crippen LogP contribution in [0.5, 0.6) is 0 Å². The number of guanidine groups is 1. The third-order valence-electron chi connectivity index (χ3n) is 4.70. The van der Waals surface area contributed by atoms with Gasteiger partial charge in [0.2, 0.25) is 5.91 Å². The number of hydrogen-bond acceptors (Lipinski definition) is 3. The van der Waals surface area contributed by atoms with E-state index >= 15 is 0 Å². The fourth-order valence-electron chi connectivity index (χ4n) is 3.09. The summed E-state index contributed by atoms with van der Waals surface area (Å²) in [5, 5.41) is 3.03. The molecule has 146 valence electrons. The summed E-state index contributed by atoms with van der Waals surface area (Å²) in [5.74, 6) is 0.611. The number of piperazine rings is 1. The predicted octanol–water partition coefficient (Wildman–Crippen LogP) is 1.37. The average molecular weight is 477 g/mol. The van der Waals surface area contributed by atoms with E-state index in [-0.39, 0.29) is 36.4 Å². The summed E-state index contributed by atoms with van der Waals surface area (Å²) >= 11 is 0. The van der Waals surface area contributed by atoms with E-state index in [2.05, 4.69) is 10.3 Å². The highest BCUT2D eigenvalue weighted by Crippen LogP contribution is 2.25. The molecule has 2 aliphatic heterocycles. The van der Waals surface area contributed by atoms with Gasteiger partial charge in [0.25, 0.3) is 0 Å². The van der Waals surface area contributed by atoms with Gasteiger partial charge in [0.05, 0.1) is 6.54 Å². The van der Waals surface area contributed by atoms with Crippen LogP contribution in [0, 0.1) is 0 Å². The van der Waals surface area contributed by atoms with Crippen molar-refractivity contribution in [1.29, 1.82) is 0 Å². The van der Waals surface area contributed by atoms with Gasteiger partial charge < -0.3 is 15.1 Å². The summed E-state index contributed by atoms with van der Waals surface area (Å²) in [6, 6.07) is -1.44. The van der Waals surface area contributed by atoms with Crippen molar-refractivity contribution in [3.63, 3.8) is 0 Å². The van der Waals surface area contributed by atoms with Crippen molar-refractivity contribution < 1.29 is 18.0 Å². The zero-order valence-corrected chi connectivity index (χ0v) is 17.0. The first kappa shape index (κ1) is 22.3. The zero-order chi connectivity index (χ0) is 17.7. The molecule has 2 saturated heterocycles. The molecule has 1 N–H and O–H groups in total. The Morgan fingerprint density at radius 1 is 1.08 bits per heavy atom. The first-order valence-corrected chi connectivity index (χ1v) is 8.37. The molecule has 2 rings (SSSR count). The number of likely N-dealkylation sites (tertiary alicyclic amines) is 1. The molecule has 1 unspecified atom stereocenters. The standard InChI is InChI=1S/C15H26F3N5O.HI/c1-12(15(16,17)18)21-7-9-23(10-8-21)14(19-2)20-11-13(24)22-5-3-4-6-22;/h12H,3-11H2,1-2H3,(H,19,20);1H. The van der Waals surface area contributed by atoms with Crippen LogP contribution in [0.3, 0.4) is 0 Å². The second kappa shape index (κ2) is 9.79. The highest BCUT2D eigenvalue weighted by Gasteiger charge is 2.41. The number of hydrogen-bond donors (Lipinski definition) is 1. The maximum absolute atomic E-state index is 12.8. The molecule has 0 aliphatic carbocycles. The molecule has 1 amide bonds. The number of nitrogens with zero attached hydrogens (tertiary/aromatic N) is 4. The first-order valence-electron chi connectivity index (χ1n) is 8.37. The summed E-state index contributed by atoms with van der Waals surface area (Å²) in [6.07, 6.45) is -2.12. The highest BCUT2D eigenvalue weighted by atomic mass is 127. The zero-order valence-electron chi connectivity index (χ0n) is 14.7. The van der Waals surface area contributed by atoms with Gasteiger partial charge in [0, 0.05) is 46.3 Å². The molecular formula is C15H27F3IN5O. The van der Waals surface area contributed by atoms with Gasteiger partial charge in [-0.15, -0.1) is 24.0 Å². The van der Waals surface area contributed by atoms with E-state index < -0.39 is 12.2 Å². The SMILES string of the molecule is CN=C(NCC(=O)N1CCCC1)N1CCN(C(C)C(F)(F)F)CC1.I. The molecule has 0 aromatic carbocycles. The van der Waals surface area contributed by atoms with Crippen LogP contribution in [0.4, 0.5) is 13.2 Å². The van der Waals surface area contributed by atoms with Gasteiger partial charge in [-0.3, -0.25) is 14.7 Å². The van der Waals surface area contributed by atoms with Crippen LogP contribution in [0.1, 0.15) is 19.8 Å². The van der Waals surface area contributed by atoms with E-state index in [1.165, 1.54) is 11.8 Å². The van der Waals surface area contributed by atoms with Crippen LogP contribution in [-0.4, -0.2) is 91.6 Å². The van der Waals surface area contributed by atoms with Crippen molar-refractivity contribution in [2.24, 2.45) is 4.99 Å². The Labute approximate surface area is 163 Å². The number of alkyl halides is 3. The topological polar surface area (TPSA) is 51.2 Å². The molecule has 0 radical (unpaired) electrons. The van der Waals surface area contributed by atoms with E-state index in [1.54, 1.807) is 7.05 Å². The van der Waals surface area contributed by atoms with Gasteiger partial charge in [-0.2, -0.15) is 13.2 Å². The Kier molecular flexibility index (Phi) is 8.72. The monoisotopic (exact) mass is 477 g/mol. The highest BCUT2D eigenvalue weighted by molar-refractivity contribution is 14.0. The van der Waals surface area contributed by atoms with E-state index in [1.807, 2.05) is 9.80 Å². The van der Waals surface area contributed by atoms with Crippen molar-refractivity contribution in [2.45, 2.75) is 32.0 Å². The molecular weight excluding hydrogens is 450 g/mol. The maximum atomic E-state index is 12.8. The Hall–Kier alpha value is -0.780. The number of carbonyl (C=O) groups is 1. The third-order valence-corrected chi connectivity index (χ3v) is 4.70. The maximum Gasteiger partial charge on any atom is 0.403 e. The van der Waals surface area contributed by atoms with Gasteiger partial charge in [0.15, 0.2) is 5.96 Å².